The summed E-state index contributed by atoms with van der Waals surface area (Å²) in [4.78, 5) is 48.2. The van der Waals surface area contributed by atoms with Gasteiger partial charge in [-0.25, -0.2) is 8.78 Å². The molecule has 1 saturated heterocycles. The van der Waals surface area contributed by atoms with Gasteiger partial charge in [0.2, 0.25) is 5.78 Å². The number of thiophene rings is 1. The molecule has 278 valence electrons. The molecule has 0 bridgehead atoms. The van der Waals surface area contributed by atoms with E-state index >= 15 is 0 Å². The second-order valence-corrected chi connectivity index (χ2v) is 15.7. The van der Waals surface area contributed by atoms with Gasteiger partial charge in [-0.2, -0.15) is 0 Å². The Bertz CT molecular complexity index is 2350. The number of hydrogen-bond donors (Lipinski definition) is 2. The number of rotatable bonds is 8. The van der Waals surface area contributed by atoms with Crippen molar-refractivity contribution in [3.63, 3.8) is 0 Å². The fraction of sp³-hybridized carbons (Fsp3) is 0.250. The van der Waals surface area contributed by atoms with Crippen molar-refractivity contribution >= 4 is 57.7 Å². The molecule has 1 aliphatic carbocycles. The Morgan fingerprint density at radius 3 is 2.42 bits per heavy atom. The molecule has 2 amide bonds. The molecule has 1 spiro atoms. The number of hydrogen-bond acceptors (Lipinski definition) is 7. The van der Waals surface area contributed by atoms with Gasteiger partial charge in [0.15, 0.2) is 0 Å². The van der Waals surface area contributed by atoms with Crippen molar-refractivity contribution in [2.24, 2.45) is 5.41 Å². The van der Waals surface area contributed by atoms with E-state index in [9.17, 15) is 23.2 Å². The summed E-state index contributed by atoms with van der Waals surface area (Å²) in [5.74, 6) is -2.91. The zero-order valence-electron chi connectivity index (χ0n) is 30.2. The first-order chi connectivity index (χ1) is 26.6. The molecule has 8 nitrogen and oxygen atoms in total. The maximum absolute atomic E-state index is 14.3. The number of pyridine rings is 1. The minimum Gasteiger partial charge on any atom is -0.381 e. The number of halogens is 2. The average molecular weight is 757 g/mol. The lowest BCUT2D eigenvalue weighted by molar-refractivity contribution is -0.0405. The molecular formula is C44H38F2N4O4S. The van der Waals surface area contributed by atoms with E-state index in [2.05, 4.69) is 5.32 Å². The Balaban J connectivity index is 0.958. The second kappa shape index (κ2) is 14.9. The molecule has 0 unspecified atom stereocenters. The lowest BCUT2D eigenvalue weighted by atomic mass is 9.57. The summed E-state index contributed by atoms with van der Waals surface area (Å²) < 4.78 is 34.3. The predicted molar refractivity (Wildman–Crippen MR) is 210 cm³/mol. The van der Waals surface area contributed by atoms with Crippen LogP contribution in [0.3, 0.4) is 0 Å². The number of nitrogens with one attached hydrogen (secondary N) is 2. The summed E-state index contributed by atoms with van der Waals surface area (Å²) in [6, 6.07) is 22.9. The number of ketones is 1. The van der Waals surface area contributed by atoms with E-state index in [1.54, 1.807) is 41.3 Å². The topological polar surface area (TPSA) is 112 Å². The number of anilines is 2. The fourth-order valence-electron chi connectivity index (χ4n) is 8.01. The standard InChI is InChI=1S/C44H38F2N4O4S/c1-26-21-32(40(48-25-26)30-23-44(24-30)16-19-54-20-17-44)42(52)49-31-11-9-27(10-12-31)43(53)50-18-15-29(22-28-5-2-3-8-35(28)50)36-13-14-37(55-36)41(51)39(47)38-33(45)6-4-7-34(38)46/h2-14,21-22,25,30,47H,15-20,23-24H2,1H3,(H,49,52). The van der Waals surface area contributed by atoms with Crippen molar-refractivity contribution in [2.45, 2.75) is 44.9 Å². The van der Waals surface area contributed by atoms with Crippen molar-refractivity contribution in [2.75, 3.05) is 30.0 Å². The first kappa shape index (κ1) is 36.3. The van der Waals surface area contributed by atoms with Crippen molar-refractivity contribution in [3.8, 4) is 0 Å². The summed E-state index contributed by atoms with van der Waals surface area (Å²) in [6.45, 7) is 3.86. The number of ether oxygens (including phenoxy) is 1. The van der Waals surface area contributed by atoms with Crippen LogP contribution in [0, 0.1) is 29.4 Å². The van der Waals surface area contributed by atoms with Gasteiger partial charge in [-0.05, 0) is 128 Å². The van der Waals surface area contributed by atoms with Gasteiger partial charge >= 0.3 is 0 Å². The first-order valence-corrected chi connectivity index (χ1v) is 19.2. The Labute approximate surface area is 321 Å². The van der Waals surface area contributed by atoms with Gasteiger partial charge in [0.1, 0.15) is 17.3 Å². The molecule has 2 aliphatic heterocycles. The van der Waals surface area contributed by atoms with Crippen LogP contribution in [0.2, 0.25) is 0 Å². The van der Waals surface area contributed by atoms with Crippen molar-refractivity contribution < 1.29 is 27.9 Å². The van der Waals surface area contributed by atoms with E-state index in [1.165, 1.54) is 6.07 Å². The number of carbonyl (C=O) groups excluding carboxylic acids is 3. The Hall–Kier alpha value is -5.65. The van der Waals surface area contributed by atoms with Crippen LogP contribution in [-0.4, -0.2) is 48.1 Å². The average Bonchev–Trinajstić information content (AvgIpc) is 3.59. The number of para-hydroxylation sites is 1. The van der Waals surface area contributed by atoms with Gasteiger partial charge in [0.05, 0.1) is 27.4 Å². The van der Waals surface area contributed by atoms with Crippen LogP contribution < -0.4 is 10.2 Å². The van der Waals surface area contributed by atoms with Gasteiger partial charge < -0.3 is 15.0 Å². The fourth-order valence-corrected chi connectivity index (χ4v) is 9.00. The highest BCUT2D eigenvalue weighted by molar-refractivity contribution is 7.16. The maximum atomic E-state index is 14.3. The van der Waals surface area contributed by atoms with Gasteiger partial charge in [-0.15, -0.1) is 11.3 Å². The highest BCUT2D eigenvalue weighted by Crippen LogP contribution is 2.56. The van der Waals surface area contributed by atoms with Crippen LogP contribution >= 0.6 is 11.3 Å². The van der Waals surface area contributed by atoms with Crippen molar-refractivity contribution in [3.05, 3.63) is 146 Å². The Morgan fingerprint density at radius 1 is 0.945 bits per heavy atom. The quantitative estimate of drug-likeness (QED) is 0.121. The van der Waals surface area contributed by atoms with Crippen molar-refractivity contribution in [1.82, 2.24) is 4.98 Å². The first-order valence-electron chi connectivity index (χ1n) is 18.3. The largest absolute Gasteiger partial charge is 0.381 e. The molecular weight excluding hydrogens is 719 g/mol. The number of aryl methyl sites for hydroxylation is 1. The highest BCUT2D eigenvalue weighted by Gasteiger charge is 2.46. The molecule has 4 heterocycles. The number of nitrogens with zero attached hydrogens (tertiary/aromatic N) is 2. The van der Waals surface area contributed by atoms with Crippen LogP contribution in [0.15, 0.2) is 91.1 Å². The molecule has 2 fully saturated rings. The normalized spacial score (nSPS) is 16.4. The smallest absolute Gasteiger partial charge is 0.258 e. The van der Waals surface area contributed by atoms with E-state index in [4.69, 9.17) is 15.1 Å². The molecule has 2 N–H and O–H groups in total. The zero-order chi connectivity index (χ0) is 38.3. The summed E-state index contributed by atoms with van der Waals surface area (Å²) >= 11 is 1.14. The lowest BCUT2D eigenvalue weighted by Gasteiger charge is -2.50. The molecule has 11 heteroatoms. The number of benzene rings is 3. The SMILES string of the molecule is Cc1cnc(C2CC3(CCOCC3)C2)c(C(=O)Nc2ccc(C(=O)N3CCC(c4ccc(C(=O)C(=N)c5c(F)cccc5F)s4)=Cc4ccccc43)cc2)c1. The number of aromatic nitrogens is 1. The second-order valence-electron chi connectivity index (χ2n) is 14.6. The molecule has 55 heavy (non-hydrogen) atoms. The molecule has 3 aromatic carbocycles. The third-order valence-electron chi connectivity index (χ3n) is 11.0. The summed E-state index contributed by atoms with van der Waals surface area (Å²) in [7, 11) is 0. The van der Waals surface area contributed by atoms with E-state index in [0.717, 1.165) is 95.3 Å². The molecule has 5 aromatic rings. The van der Waals surface area contributed by atoms with Crippen molar-refractivity contribution in [1.29, 1.82) is 5.41 Å². The van der Waals surface area contributed by atoms with Crippen LogP contribution in [0.1, 0.15) is 95.7 Å². The lowest BCUT2D eigenvalue weighted by Crippen LogP contribution is -2.41. The monoisotopic (exact) mass is 756 g/mol. The van der Waals surface area contributed by atoms with Crippen LogP contribution in [0.25, 0.3) is 11.6 Å². The Kier molecular flexibility index (Phi) is 9.83. The number of Topliss-reactive ketones (excluding diaryl/α,β-unsaturated/α-hetero) is 1. The summed E-state index contributed by atoms with van der Waals surface area (Å²) in [5, 5.41) is 11.3. The molecule has 8 rings (SSSR count). The molecule has 3 aliphatic rings. The number of amides is 2. The van der Waals surface area contributed by atoms with E-state index in [1.807, 2.05) is 49.5 Å². The molecule has 0 radical (unpaired) electrons. The highest BCUT2D eigenvalue weighted by atomic mass is 32.1. The molecule has 1 saturated carbocycles. The van der Waals surface area contributed by atoms with Crippen LogP contribution in [0.4, 0.5) is 20.2 Å². The third-order valence-corrected chi connectivity index (χ3v) is 12.1. The van der Waals surface area contributed by atoms with E-state index in [0.29, 0.717) is 35.2 Å². The molecule has 2 aromatic heterocycles. The van der Waals surface area contributed by atoms with E-state index in [-0.39, 0.29) is 22.6 Å². The third kappa shape index (κ3) is 7.17. The zero-order valence-corrected chi connectivity index (χ0v) is 31.0. The molecule has 0 atom stereocenters. The van der Waals surface area contributed by atoms with Gasteiger partial charge in [-0.3, -0.25) is 24.8 Å². The minimum atomic E-state index is -0.969. The number of fused-ring (bicyclic) bond motifs is 1. The summed E-state index contributed by atoms with van der Waals surface area (Å²) in [5.41, 5.74) is 4.66. The van der Waals surface area contributed by atoms with Gasteiger partial charge in [-0.1, -0.05) is 24.3 Å². The minimum absolute atomic E-state index is 0.183. The van der Waals surface area contributed by atoms with E-state index < -0.39 is 28.7 Å². The van der Waals surface area contributed by atoms with Crippen LogP contribution in [-0.2, 0) is 4.74 Å². The summed E-state index contributed by atoms with van der Waals surface area (Å²) in [6.07, 6.45) is 8.40. The number of carbonyl (C=O) groups is 3. The Morgan fingerprint density at radius 2 is 1.67 bits per heavy atom. The van der Waals surface area contributed by atoms with Gasteiger partial charge in [0, 0.05) is 48.0 Å². The maximum Gasteiger partial charge on any atom is 0.258 e. The predicted octanol–water partition coefficient (Wildman–Crippen LogP) is 9.50. The van der Waals surface area contributed by atoms with Crippen LogP contribution in [0.5, 0.6) is 0 Å². The van der Waals surface area contributed by atoms with Gasteiger partial charge in [0.25, 0.3) is 11.8 Å².